The summed E-state index contributed by atoms with van der Waals surface area (Å²) in [4.78, 5) is 27.1. The highest BCUT2D eigenvalue weighted by Crippen LogP contribution is 2.44. The number of hydrogen-bond acceptors (Lipinski definition) is 4. The SMILES string of the molecule is O=C1C(=O)N(c2ccc(F)cc2F)C(c2cccs2)/C1=C(/O)c1ccccc1. The van der Waals surface area contributed by atoms with Crippen molar-refractivity contribution in [3.63, 3.8) is 0 Å². The van der Waals surface area contributed by atoms with Gasteiger partial charge in [-0.3, -0.25) is 14.5 Å². The first-order chi connectivity index (χ1) is 13.5. The third-order valence-corrected chi connectivity index (χ3v) is 5.40. The smallest absolute Gasteiger partial charge is 0.300 e. The molecule has 4 rings (SSSR count). The molecule has 4 nitrogen and oxygen atoms in total. The van der Waals surface area contributed by atoms with Crippen molar-refractivity contribution in [1.82, 2.24) is 0 Å². The van der Waals surface area contributed by atoms with E-state index >= 15 is 0 Å². The summed E-state index contributed by atoms with van der Waals surface area (Å²) < 4.78 is 27.8. The summed E-state index contributed by atoms with van der Waals surface area (Å²) in [6.07, 6.45) is 0. The zero-order valence-electron chi connectivity index (χ0n) is 14.3. The number of halogens is 2. The molecule has 0 aliphatic carbocycles. The van der Waals surface area contributed by atoms with Crippen LogP contribution in [0.3, 0.4) is 0 Å². The minimum atomic E-state index is -1.01. The Kier molecular flexibility index (Phi) is 4.52. The average Bonchev–Trinajstić information content (AvgIpc) is 3.30. The van der Waals surface area contributed by atoms with Gasteiger partial charge in [0.05, 0.1) is 11.3 Å². The third-order valence-electron chi connectivity index (χ3n) is 4.47. The molecule has 7 heteroatoms. The Morgan fingerprint density at radius 1 is 1.00 bits per heavy atom. The number of benzene rings is 2. The number of hydrogen-bond donors (Lipinski definition) is 1. The van der Waals surface area contributed by atoms with Crippen LogP contribution in [0.4, 0.5) is 14.5 Å². The molecule has 1 unspecified atom stereocenters. The third kappa shape index (κ3) is 2.90. The summed E-state index contributed by atoms with van der Waals surface area (Å²) in [7, 11) is 0. The zero-order valence-corrected chi connectivity index (χ0v) is 15.1. The van der Waals surface area contributed by atoms with Crippen LogP contribution in [0.25, 0.3) is 5.76 Å². The molecule has 1 amide bonds. The first kappa shape index (κ1) is 18.1. The number of rotatable bonds is 3. The van der Waals surface area contributed by atoms with Gasteiger partial charge in [0, 0.05) is 16.5 Å². The number of aliphatic hydroxyl groups excluding tert-OH is 1. The lowest BCUT2D eigenvalue weighted by atomic mass is 10.00. The van der Waals surface area contributed by atoms with E-state index in [0.29, 0.717) is 16.5 Å². The van der Waals surface area contributed by atoms with Crippen LogP contribution in [0.1, 0.15) is 16.5 Å². The second-order valence-corrected chi connectivity index (χ2v) is 7.13. The predicted molar refractivity (Wildman–Crippen MR) is 102 cm³/mol. The van der Waals surface area contributed by atoms with Crippen molar-refractivity contribution in [2.24, 2.45) is 0 Å². The molecule has 1 N–H and O–H groups in total. The maximum Gasteiger partial charge on any atom is 0.300 e. The molecular weight excluding hydrogens is 384 g/mol. The lowest BCUT2D eigenvalue weighted by Crippen LogP contribution is -2.30. The largest absolute Gasteiger partial charge is 0.507 e. The van der Waals surface area contributed by atoms with Crippen LogP contribution < -0.4 is 4.90 Å². The first-order valence-corrected chi connectivity index (χ1v) is 9.22. The molecule has 2 heterocycles. The van der Waals surface area contributed by atoms with Crippen molar-refractivity contribution in [2.75, 3.05) is 4.90 Å². The number of carbonyl (C=O) groups excluding carboxylic acids is 2. The standard InChI is InChI=1S/C21H13F2NO3S/c22-13-8-9-15(14(23)11-13)24-18(16-7-4-10-28-16)17(20(26)21(24)27)19(25)12-5-2-1-3-6-12/h1-11,18,25H/b19-17-. The number of carbonyl (C=O) groups is 2. The van der Waals surface area contributed by atoms with Crippen molar-refractivity contribution < 1.29 is 23.5 Å². The van der Waals surface area contributed by atoms with E-state index in [0.717, 1.165) is 17.0 Å². The predicted octanol–water partition coefficient (Wildman–Crippen LogP) is 4.65. The van der Waals surface area contributed by atoms with Gasteiger partial charge in [0.25, 0.3) is 11.7 Å². The van der Waals surface area contributed by atoms with Gasteiger partial charge in [-0.15, -0.1) is 11.3 Å². The van der Waals surface area contributed by atoms with Crippen LogP contribution >= 0.6 is 11.3 Å². The molecule has 1 fully saturated rings. The van der Waals surface area contributed by atoms with E-state index < -0.39 is 29.4 Å². The Bertz CT molecular complexity index is 1090. The minimum Gasteiger partial charge on any atom is -0.507 e. The van der Waals surface area contributed by atoms with Crippen molar-refractivity contribution >= 4 is 34.5 Å². The van der Waals surface area contributed by atoms with Crippen LogP contribution in [0.5, 0.6) is 0 Å². The topological polar surface area (TPSA) is 57.6 Å². The maximum absolute atomic E-state index is 14.4. The van der Waals surface area contributed by atoms with Gasteiger partial charge >= 0.3 is 0 Å². The molecule has 1 atom stereocenters. The Morgan fingerprint density at radius 3 is 2.39 bits per heavy atom. The van der Waals surface area contributed by atoms with Crippen LogP contribution in [-0.2, 0) is 9.59 Å². The van der Waals surface area contributed by atoms with E-state index in [9.17, 15) is 23.5 Å². The molecule has 0 saturated carbocycles. The molecular formula is C21H13F2NO3S. The molecule has 1 aromatic heterocycles. The number of nitrogens with zero attached hydrogens (tertiary/aromatic N) is 1. The molecule has 0 spiro atoms. The number of ketones is 1. The summed E-state index contributed by atoms with van der Waals surface area (Å²) in [6, 6.07) is 13.5. The molecule has 140 valence electrons. The molecule has 28 heavy (non-hydrogen) atoms. The summed E-state index contributed by atoms with van der Waals surface area (Å²) in [5, 5.41) is 12.5. The first-order valence-electron chi connectivity index (χ1n) is 8.34. The second kappa shape index (κ2) is 7.01. The van der Waals surface area contributed by atoms with Crippen molar-refractivity contribution in [2.45, 2.75) is 6.04 Å². The number of Topliss-reactive ketones (excluding diaryl/α,β-unsaturated/α-hetero) is 1. The van der Waals surface area contributed by atoms with E-state index in [1.54, 1.807) is 47.8 Å². The Morgan fingerprint density at radius 2 is 1.75 bits per heavy atom. The van der Waals surface area contributed by atoms with E-state index in [4.69, 9.17) is 0 Å². The molecule has 0 bridgehead atoms. The highest BCUT2D eigenvalue weighted by Gasteiger charge is 2.48. The lowest BCUT2D eigenvalue weighted by molar-refractivity contribution is -0.132. The summed E-state index contributed by atoms with van der Waals surface area (Å²) in [5.74, 6) is -4.02. The van der Waals surface area contributed by atoms with Gasteiger partial charge < -0.3 is 5.11 Å². The van der Waals surface area contributed by atoms with Crippen molar-refractivity contribution in [1.29, 1.82) is 0 Å². The fourth-order valence-corrected chi connectivity index (χ4v) is 4.05. The monoisotopic (exact) mass is 397 g/mol. The number of anilines is 1. The fraction of sp³-hybridized carbons (Fsp3) is 0.0476. The maximum atomic E-state index is 14.4. The molecule has 2 aromatic carbocycles. The van der Waals surface area contributed by atoms with Crippen LogP contribution in [0.15, 0.2) is 71.6 Å². The highest BCUT2D eigenvalue weighted by molar-refractivity contribution is 7.10. The van der Waals surface area contributed by atoms with E-state index in [2.05, 4.69) is 0 Å². The van der Waals surface area contributed by atoms with Crippen LogP contribution in [-0.4, -0.2) is 16.8 Å². The number of thiophene rings is 1. The Hall–Kier alpha value is -3.32. The van der Waals surface area contributed by atoms with E-state index in [1.165, 1.54) is 11.3 Å². The number of aliphatic hydroxyl groups is 1. The van der Waals surface area contributed by atoms with Gasteiger partial charge in [0.1, 0.15) is 23.4 Å². The van der Waals surface area contributed by atoms with Gasteiger partial charge in [-0.2, -0.15) is 0 Å². The Labute approximate surface area is 163 Å². The summed E-state index contributed by atoms with van der Waals surface area (Å²) in [6.45, 7) is 0. The minimum absolute atomic E-state index is 0.137. The molecule has 3 aromatic rings. The van der Waals surface area contributed by atoms with Crippen molar-refractivity contribution in [3.8, 4) is 0 Å². The average molecular weight is 397 g/mol. The van der Waals surface area contributed by atoms with E-state index in [-0.39, 0.29) is 17.0 Å². The molecule has 1 saturated heterocycles. The quantitative estimate of drug-likeness (QED) is 0.398. The summed E-state index contributed by atoms with van der Waals surface area (Å²) in [5.41, 5.74) is -0.00183. The van der Waals surface area contributed by atoms with Gasteiger partial charge in [0.2, 0.25) is 0 Å². The van der Waals surface area contributed by atoms with Crippen LogP contribution in [0, 0.1) is 11.6 Å². The number of amides is 1. The Balaban J connectivity index is 1.95. The van der Waals surface area contributed by atoms with E-state index in [1.807, 2.05) is 0 Å². The van der Waals surface area contributed by atoms with Crippen LogP contribution in [0.2, 0.25) is 0 Å². The highest BCUT2D eigenvalue weighted by atomic mass is 32.1. The van der Waals surface area contributed by atoms with Gasteiger partial charge in [0.15, 0.2) is 0 Å². The van der Waals surface area contributed by atoms with Gasteiger partial charge in [-0.25, -0.2) is 8.78 Å². The zero-order chi connectivity index (χ0) is 19.8. The normalized spacial score (nSPS) is 18.6. The molecule has 0 radical (unpaired) electrons. The second-order valence-electron chi connectivity index (χ2n) is 6.15. The molecule has 1 aliphatic heterocycles. The van der Waals surface area contributed by atoms with Crippen molar-refractivity contribution in [3.05, 3.63) is 93.7 Å². The summed E-state index contributed by atoms with van der Waals surface area (Å²) >= 11 is 1.26. The fourth-order valence-electron chi connectivity index (χ4n) is 3.23. The van der Waals surface area contributed by atoms with Gasteiger partial charge in [-0.1, -0.05) is 36.4 Å². The van der Waals surface area contributed by atoms with Gasteiger partial charge in [-0.05, 0) is 23.6 Å². The molecule has 1 aliphatic rings. The lowest BCUT2D eigenvalue weighted by Gasteiger charge is -2.24.